The van der Waals surface area contributed by atoms with E-state index in [2.05, 4.69) is 342 Å². The molecule has 0 fully saturated rings. The number of para-hydroxylation sites is 6. The first-order valence-corrected chi connectivity index (χ1v) is 45.1. The number of hydrogen-bond donors (Lipinski definition) is 0. The fraction of sp³-hybridized carbons (Fsp3) is 0.0769. The van der Waals surface area contributed by atoms with E-state index in [0.29, 0.717) is 0 Å². The maximum Gasteiger partial charge on any atom is 0.270 e. The van der Waals surface area contributed by atoms with Crippen molar-refractivity contribution in [3.8, 4) is 108 Å². The van der Waals surface area contributed by atoms with Gasteiger partial charge in [-0.05, 0) is 199 Å². The molecule has 10 aliphatic rings. The van der Waals surface area contributed by atoms with Crippen molar-refractivity contribution < 1.29 is 33.2 Å². The van der Waals surface area contributed by atoms with Crippen LogP contribution in [-0.4, -0.2) is 31.4 Å². The zero-order valence-electron chi connectivity index (χ0n) is 72.5. The van der Waals surface area contributed by atoms with E-state index in [1.807, 2.05) is 97.1 Å². The molecule has 10 aliphatic heterocycles. The Kier molecular flexibility index (Phi) is 16.7. The van der Waals surface area contributed by atoms with E-state index in [9.17, 15) is 0 Å². The quantitative estimate of drug-likeness (QED) is 0.153. The minimum atomic E-state index is -0.128. The largest absolute Gasteiger partial charge is 0.458 e. The normalized spacial score (nSPS) is 14.6. The summed E-state index contributed by atoms with van der Waals surface area (Å²) in [5, 5.41) is 2.47. The lowest BCUT2D eigenvalue weighted by Gasteiger charge is -2.52. The van der Waals surface area contributed by atoms with Gasteiger partial charge < -0.3 is 42.6 Å². The molecule has 29 rings (SSSR count). The molecule has 0 amide bonds. The highest BCUT2D eigenvalue weighted by Crippen LogP contribution is 2.51. The number of nitrogens with zero attached hydrogens (tertiary/aromatic N) is 2. The number of rotatable bonds is 6. The van der Waals surface area contributed by atoms with Crippen molar-refractivity contribution in [1.29, 1.82) is 0 Å². The molecule has 0 N–H and O–H groups in total. The summed E-state index contributed by atoms with van der Waals surface area (Å²) >= 11 is 0. The molecule has 0 bridgehead atoms. The fourth-order valence-corrected chi connectivity index (χ4v) is 23.0. The number of ether oxygens (including phenoxy) is 7. The molecule has 130 heavy (non-hydrogen) atoms. The van der Waals surface area contributed by atoms with Gasteiger partial charge in [-0.25, -0.2) is 0 Å². The summed E-state index contributed by atoms with van der Waals surface area (Å²) in [5.41, 5.74) is 35.1. The summed E-state index contributed by atoms with van der Waals surface area (Å²) in [6, 6.07) is 137. The molecule has 0 saturated carbocycles. The molecule has 13 heteroatoms. The van der Waals surface area contributed by atoms with Crippen LogP contribution < -0.4 is 104 Å². The molecule has 0 saturated heterocycles. The second-order valence-corrected chi connectivity index (χ2v) is 37.0. The maximum absolute atomic E-state index is 6.51. The highest BCUT2D eigenvalue weighted by molar-refractivity contribution is 7.01. The number of fused-ring (bicyclic) bond motifs is 11. The topological polar surface area (TPSA) is 72.8 Å². The zero-order chi connectivity index (χ0) is 86.6. The van der Waals surface area contributed by atoms with E-state index >= 15 is 0 Å². The van der Waals surface area contributed by atoms with Crippen molar-refractivity contribution in [3.63, 3.8) is 0 Å². The highest BCUT2D eigenvalue weighted by Gasteiger charge is 2.55. The van der Waals surface area contributed by atoms with Crippen LogP contribution in [0.15, 0.2) is 388 Å². The standard InChI is InChI=1S/C39H36BN.C30H18BNO2.C30H19BO2.C18H9BO3/c1-37(2)28-19-13-21-30-34(28)40-35-29(37)20-14-22-31(35)39(5,6)33-24-27(23-32(36(33)40)38(30,3)4)41(25-15-9-7-10-16-25)26-17-11-8-12-18-26;1-5-13-24-20(9-1)21-10-2-6-14-25(21)32(24)19-17-28-30-29(18-19)34-27-16-8-4-12-23(27)31(30)22-11-3-7-15-26(22)33-28;1-3-8-20(9-4-1)22-14-16-24-28(18-22)32-26-12-7-13-27-30(26)31(24)25-17-15-23(19-29(25)33-27)21-10-5-2-6-11-21;1-4-10-16-11(5-1)21-13-7-3-9-15-18(13)19(16)17-12(20-10)6-2-8-14(17)22-15/h7-24H,1-6H3;1-18H;1-19H;1-9H. The van der Waals surface area contributed by atoms with Crippen LogP contribution in [0.5, 0.6) is 80.5 Å². The molecule has 614 valence electrons. The van der Waals surface area contributed by atoms with Crippen LogP contribution in [0.1, 0.15) is 74.9 Å². The molecule has 11 heterocycles. The number of anilines is 3. The van der Waals surface area contributed by atoms with Gasteiger partial charge in [0, 0.05) is 83.5 Å². The Labute approximate surface area is 756 Å². The SMILES string of the molecule is CC1(C)c2cccc3c2B2c4c1cccc4C(C)(C)c1cc(N(c4ccccc4)c4ccccc4)cc(c12)C3(C)C.c1cc2c3c(c1)Oc1cccc4c1B3c1c(cccc1O4)O2.c1ccc(-c2ccc3c(c2)Oc2cccc4c2B3c2ccc(-c3ccccc3)cc2O4)cc1.c1ccc2c(c1)Oc1cc(-n3c4ccccc4c4ccccc43)cc3c1B2c1ccccc1O3. The average Bonchev–Trinajstić information content (AvgIpc) is 0.760. The van der Waals surface area contributed by atoms with Gasteiger partial charge in [-0.3, -0.25) is 0 Å². The Hall–Kier alpha value is -15.6. The van der Waals surface area contributed by atoms with Crippen molar-refractivity contribution in [2.45, 2.75) is 57.8 Å². The van der Waals surface area contributed by atoms with E-state index in [0.717, 1.165) is 125 Å². The molecule has 9 nitrogen and oxygen atoms in total. The summed E-state index contributed by atoms with van der Waals surface area (Å²) in [6.45, 7) is 15.2. The third-order valence-electron chi connectivity index (χ3n) is 28.9. The molecule has 19 aromatic rings. The van der Waals surface area contributed by atoms with Gasteiger partial charge >= 0.3 is 0 Å². The lowest BCUT2D eigenvalue weighted by Crippen LogP contribution is -2.71. The van der Waals surface area contributed by atoms with Crippen molar-refractivity contribution in [2.24, 2.45) is 0 Å². The van der Waals surface area contributed by atoms with Crippen LogP contribution in [0.4, 0.5) is 17.1 Å². The van der Waals surface area contributed by atoms with Gasteiger partial charge in [0.15, 0.2) is 0 Å². The fourth-order valence-electron chi connectivity index (χ4n) is 23.0. The molecular weight excluding hydrogens is 1590 g/mol. The minimum Gasteiger partial charge on any atom is -0.458 e. The minimum absolute atomic E-state index is 0.0360. The maximum atomic E-state index is 6.51. The van der Waals surface area contributed by atoms with Gasteiger partial charge in [0.25, 0.3) is 20.1 Å². The molecular formula is C117H82B4N2O7. The smallest absolute Gasteiger partial charge is 0.270 e. The van der Waals surface area contributed by atoms with Gasteiger partial charge in [-0.15, -0.1) is 0 Å². The van der Waals surface area contributed by atoms with Crippen molar-refractivity contribution in [2.75, 3.05) is 4.90 Å². The Bertz CT molecular complexity index is 7440. The summed E-state index contributed by atoms with van der Waals surface area (Å²) < 4.78 is 46.4. The van der Waals surface area contributed by atoms with Crippen LogP contribution >= 0.6 is 0 Å². The molecule has 1 aromatic heterocycles. The van der Waals surface area contributed by atoms with Crippen LogP contribution in [-0.2, 0) is 16.2 Å². The predicted molar refractivity (Wildman–Crippen MR) is 533 cm³/mol. The third kappa shape index (κ3) is 11.4. The van der Waals surface area contributed by atoms with Gasteiger partial charge in [-0.1, -0.05) is 313 Å². The number of hydrogen-bond acceptors (Lipinski definition) is 8. The summed E-state index contributed by atoms with van der Waals surface area (Å²) in [5.74, 6) is 12.3. The van der Waals surface area contributed by atoms with Crippen LogP contribution in [0.2, 0.25) is 0 Å². The first-order valence-electron chi connectivity index (χ1n) is 45.1. The molecule has 0 radical (unpaired) electrons. The van der Waals surface area contributed by atoms with E-state index in [-0.39, 0.29) is 43.1 Å². The lowest BCUT2D eigenvalue weighted by molar-refractivity contribution is 0.443. The molecule has 0 spiro atoms. The molecule has 18 aromatic carbocycles. The summed E-state index contributed by atoms with van der Waals surface area (Å²) in [6.07, 6.45) is 0. The van der Waals surface area contributed by atoms with Crippen LogP contribution in [0.3, 0.4) is 0 Å². The van der Waals surface area contributed by atoms with E-state index < -0.39 is 0 Å². The Morgan fingerprint density at radius 2 is 0.485 bits per heavy atom. The van der Waals surface area contributed by atoms with Crippen molar-refractivity contribution in [1.82, 2.24) is 4.57 Å². The first kappa shape index (κ1) is 75.7. The van der Waals surface area contributed by atoms with Gasteiger partial charge in [-0.2, -0.15) is 0 Å². The van der Waals surface area contributed by atoms with Crippen LogP contribution in [0.25, 0.3) is 49.7 Å². The third-order valence-corrected chi connectivity index (χ3v) is 28.9. The second-order valence-electron chi connectivity index (χ2n) is 37.0. The van der Waals surface area contributed by atoms with E-state index in [1.165, 1.54) is 105 Å². The Morgan fingerprint density at radius 3 is 0.885 bits per heavy atom. The van der Waals surface area contributed by atoms with E-state index in [4.69, 9.17) is 33.2 Å². The number of benzene rings is 18. The molecule has 0 unspecified atom stereocenters. The first-order chi connectivity index (χ1) is 63.7. The van der Waals surface area contributed by atoms with E-state index in [1.54, 1.807) is 16.4 Å². The summed E-state index contributed by atoms with van der Waals surface area (Å²) in [4.78, 5) is 2.44. The van der Waals surface area contributed by atoms with Crippen LogP contribution in [0, 0.1) is 0 Å². The molecule has 0 aliphatic carbocycles. The van der Waals surface area contributed by atoms with Gasteiger partial charge in [0.1, 0.15) is 80.5 Å². The average molecular weight is 1670 g/mol. The lowest BCUT2D eigenvalue weighted by atomic mass is 9.23. The van der Waals surface area contributed by atoms with Gasteiger partial charge in [0.05, 0.1) is 16.7 Å². The zero-order valence-corrected chi connectivity index (χ0v) is 72.5. The highest BCUT2D eigenvalue weighted by atomic mass is 16.5. The Morgan fingerprint density at radius 1 is 0.200 bits per heavy atom. The van der Waals surface area contributed by atoms with Crippen molar-refractivity contribution in [3.05, 3.63) is 422 Å². The molecule has 0 atom stereocenters. The monoisotopic (exact) mass is 1670 g/mol. The number of aromatic nitrogens is 1. The Balaban J connectivity index is 0.0000000929. The van der Waals surface area contributed by atoms with Crippen molar-refractivity contribution >= 4 is 131 Å². The van der Waals surface area contributed by atoms with Gasteiger partial charge in [0.2, 0.25) is 6.71 Å². The second kappa shape index (κ2) is 28.7. The predicted octanol–water partition coefficient (Wildman–Crippen LogP) is 21.4. The summed E-state index contributed by atoms with van der Waals surface area (Å²) in [7, 11) is 0.